The minimum absolute atomic E-state index is 0.0460. The summed E-state index contributed by atoms with van der Waals surface area (Å²) < 4.78 is 5.31. The molecule has 0 atom stereocenters. The zero-order valence-corrected chi connectivity index (χ0v) is 12.4. The number of amidine groups is 1. The first-order chi connectivity index (χ1) is 10.0. The molecule has 114 valence electrons. The number of carbonyl (C=O) groups is 1. The Kier molecular flexibility index (Phi) is 4.47. The number of anilines is 1. The molecule has 1 amide bonds. The lowest BCUT2D eigenvalue weighted by Gasteiger charge is -2.37. The highest BCUT2D eigenvalue weighted by Crippen LogP contribution is 2.34. The second-order valence-corrected chi connectivity index (χ2v) is 5.38. The molecule has 0 aliphatic carbocycles. The molecule has 0 spiro atoms. The Morgan fingerprint density at radius 3 is 2.67 bits per heavy atom. The number of nitrogens with zero attached hydrogens (tertiary/aromatic N) is 2. The molecule has 1 fully saturated rings. The lowest BCUT2D eigenvalue weighted by atomic mass is 9.77. The van der Waals surface area contributed by atoms with E-state index >= 15 is 0 Å². The number of carbonyl (C=O) groups excluding carboxylic acids is 1. The van der Waals surface area contributed by atoms with Crippen LogP contribution in [0.1, 0.15) is 18.4 Å². The van der Waals surface area contributed by atoms with E-state index in [-0.39, 0.29) is 11.7 Å². The van der Waals surface area contributed by atoms with Gasteiger partial charge in [0.25, 0.3) is 0 Å². The van der Waals surface area contributed by atoms with Crippen LogP contribution in [-0.4, -0.2) is 37.2 Å². The summed E-state index contributed by atoms with van der Waals surface area (Å²) in [6.45, 7) is 2.81. The molecule has 1 heterocycles. The van der Waals surface area contributed by atoms with Gasteiger partial charge in [-0.25, -0.2) is 0 Å². The van der Waals surface area contributed by atoms with Crippen LogP contribution in [0.3, 0.4) is 0 Å². The normalized spacial score (nSPS) is 18.3. The first-order valence-electron chi connectivity index (χ1n) is 6.92. The van der Waals surface area contributed by atoms with Crippen molar-refractivity contribution in [3.05, 3.63) is 29.8 Å². The fourth-order valence-electron chi connectivity index (χ4n) is 2.67. The Bertz CT molecular complexity index is 551. The van der Waals surface area contributed by atoms with Gasteiger partial charge in [0.1, 0.15) is 5.41 Å². The lowest BCUT2D eigenvalue weighted by molar-refractivity contribution is -0.128. The van der Waals surface area contributed by atoms with Crippen LogP contribution >= 0.6 is 0 Å². The maximum Gasteiger partial charge on any atom is 0.240 e. The number of amides is 1. The van der Waals surface area contributed by atoms with Gasteiger partial charge in [-0.15, -0.1) is 0 Å². The molecule has 0 radical (unpaired) electrons. The van der Waals surface area contributed by atoms with Crippen molar-refractivity contribution in [1.82, 2.24) is 0 Å². The molecule has 6 nitrogen and oxygen atoms in total. The summed E-state index contributed by atoms with van der Waals surface area (Å²) in [5, 5.41) is 12.1. The summed E-state index contributed by atoms with van der Waals surface area (Å²) >= 11 is 0. The van der Waals surface area contributed by atoms with Crippen molar-refractivity contribution in [2.75, 3.05) is 25.2 Å². The Morgan fingerprint density at radius 2 is 2.10 bits per heavy atom. The predicted octanol–water partition coefficient (Wildman–Crippen LogP) is 1.50. The minimum atomic E-state index is -0.995. The summed E-state index contributed by atoms with van der Waals surface area (Å²) in [5.41, 5.74) is 6.69. The van der Waals surface area contributed by atoms with Crippen LogP contribution in [0.15, 0.2) is 29.4 Å². The Morgan fingerprint density at radius 1 is 1.43 bits per heavy atom. The smallest absolute Gasteiger partial charge is 0.240 e. The predicted molar refractivity (Wildman–Crippen MR) is 80.5 cm³/mol. The molecule has 0 saturated carbocycles. The van der Waals surface area contributed by atoms with Crippen LogP contribution in [0, 0.1) is 12.3 Å². The molecule has 3 N–H and O–H groups in total. The van der Waals surface area contributed by atoms with Crippen LogP contribution in [0.4, 0.5) is 5.69 Å². The number of aryl methyl sites for hydroxylation is 1. The van der Waals surface area contributed by atoms with E-state index in [1.807, 2.05) is 31.2 Å². The summed E-state index contributed by atoms with van der Waals surface area (Å²) in [7, 11) is 1.71. The number of benzene rings is 1. The van der Waals surface area contributed by atoms with Gasteiger partial charge < -0.3 is 20.6 Å². The Balaban J connectivity index is 2.34. The number of oxime groups is 1. The number of hydrogen-bond donors (Lipinski definition) is 2. The minimum Gasteiger partial charge on any atom is -0.409 e. The molecular weight excluding hydrogens is 270 g/mol. The van der Waals surface area contributed by atoms with Gasteiger partial charge in [-0.3, -0.25) is 4.79 Å². The second kappa shape index (κ2) is 6.13. The van der Waals surface area contributed by atoms with Crippen molar-refractivity contribution in [3.63, 3.8) is 0 Å². The number of ether oxygens (including phenoxy) is 1. The average molecular weight is 291 g/mol. The van der Waals surface area contributed by atoms with E-state index in [4.69, 9.17) is 15.7 Å². The highest BCUT2D eigenvalue weighted by atomic mass is 16.5. The Hall–Kier alpha value is -2.08. The maximum absolute atomic E-state index is 12.9. The van der Waals surface area contributed by atoms with Crippen molar-refractivity contribution in [2.45, 2.75) is 19.8 Å². The quantitative estimate of drug-likeness (QED) is 0.382. The monoisotopic (exact) mass is 291 g/mol. The summed E-state index contributed by atoms with van der Waals surface area (Å²) in [4.78, 5) is 14.5. The van der Waals surface area contributed by atoms with E-state index in [0.717, 1.165) is 11.3 Å². The molecule has 2 rings (SSSR count). The van der Waals surface area contributed by atoms with Gasteiger partial charge in [0, 0.05) is 25.9 Å². The maximum atomic E-state index is 12.9. The van der Waals surface area contributed by atoms with Crippen molar-refractivity contribution >= 4 is 17.4 Å². The Labute approximate surface area is 124 Å². The fourth-order valence-corrected chi connectivity index (χ4v) is 2.67. The highest BCUT2D eigenvalue weighted by Gasteiger charge is 2.46. The molecule has 1 aliphatic rings. The third-order valence-electron chi connectivity index (χ3n) is 4.05. The number of nitrogens with two attached hydrogens (primary N) is 1. The van der Waals surface area contributed by atoms with Crippen molar-refractivity contribution < 1.29 is 14.7 Å². The topological polar surface area (TPSA) is 88.2 Å². The van der Waals surface area contributed by atoms with E-state index < -0.39 is 5.41 Å². The van der Waals surface area contributed by atoms with Gasteiger partial charge >= 0.3 is 0 Å². The zero-order chi connectivity index (χ0) is 15.5. The van der Waals surface area contributed by atoms with Crippen LogP contribution < -0.4 is 10.6 Å². The SMILES string of the molecule is Cc1cccc(N(C)C(=O)C2(C(N)=NO)CCOCC2)c1. The van der Waals surface area contributed by atoms with E-state index in [2.05, 4.69) is 5.16 Å². The lowest BCUT2D eigenvalue weighted by Crippen LogP contribution is -2.53. The number of rotatable bonds is 3. The first-order valence-corrected chi connectivity index (χ1v) is 6.92. The van der Waals surface area contributed by atoms with Crippen LogP contribution in [-0.2, 0) is 9.53 Å². The van der Waals surface area contributed by atoms with E-state index in [1.165, 1.54) is 0 Å². The fraction of sp³-hybridized carbons (Fsp3) is 0.467. The standard InChI is InChI=1S/C15H21N3O3/c1-11-4-3-5-12(10-11)18(2)14(19)15(13(16)17-20)6-8-21-9-7-15/h3-5,10,20H,6-9H2,1-2H3,(H2,16,17). The van der Waals surface area contributed by atoms with Crippen LogP contribution in [0.25, 0.3) is 0 Å². The molecule has 21 heavy (non-hydrogen) atoms. The molecule has 1 aromatic carbocycles. The van der Waals surface area contributed by atoms with Gasteiger partial charge in [-0.1, -0.05) is 17.3 Å². The summed E-state index contributed by atoms with van der Waals surface area (Å²) in [5.74, 6) is -0.220. The third-order valence-corrected chi connectivity index (χ3v) is 4.05. The number of hydrogen-bond acceptors (Lipinski definition) is 4. The molecule has 0 aromatic heterocycles. The van der Waals surface area contributed by atoms with Gasteiger partial charge in [-0.2, -0.15) is 0 Å². The van der Waals surface area contributed by atoms with E-state index in [1.54, 1.807) is 11.9 Å². The van der Waals surface area contributed by atoms with Gasteiger partial charge in [0.2, 0.25) is 5.91 Å². The zero-order valence-electron chi connectivity index (χ0n) is 12.4. The molecular formula is C15H21N3O3. The molecule has 1 aliphatic heterocycles. The third kappa shape index (κ3) is 2.85. The van der Waals surface area contributed by atoms with Crippen LogP contribution in [0.2, 0.25) is 0 Å². The average Bonchev–Trinajstić information content (AvgIpc) is 2.53. The van der Waals surface area contributed by atoms with Gasteiger partial charge in [0.05, 0.1) is 0 Å². The van der Waals surface area contributed by atoms with Crippen molar-refractivity contribution in [1.29, 1.82) is 0 Å². The molecule has 0 bridgehead atoms. The van der Waals surface area contributed by atoms with Gasteiger partial charge in [0.15, 0.2) is 5.84 Å². The molecule has 1 aromatic rings. The van der Waals surface area contributed by atoms with Crippen LogP contribution in [0.5, 0.6) is 0 Å². The highest BCUT2D eigenvalue weighted by molar-refractivity contribution is 6.12. The van der Waals surface area contributed by atoms with E-state index in [0.29, 0.717) is 26.1 Å². The van der Waals surface area contributed by atoms with Gasteiger partial charge in [-0.05, 0) is 37.5 Å². The summed E-state index contributed by atoms with van der Waals surface area (Å²) in [6, 6.07) is 7.66. The van der Waals surface area contributed by atoms with Crippen molar-refractivity contribution in [3.8, 4) is 0 Å². The molecule has 1 saturated heterocycles. The first kappa shape index (κ1) is 15.3. The van der Waals surface area contributed by atoms with E-state index in [9.17, 15) is 4.79 Å². The second-order valence-electron chi connectivity index (χ2n) is 5.38. The largest absolute Gasteiger partial charge is 0.409 e. The van der Waals surface area contributed by atoms with Crippen molar-refractivity contribution in [2.24, 2.45) is 16.3 Å². The summed E-state index contributed by atoms with van der Waals surface area (Å²) in [6.07, 6.45) is 0.829. The molecule has 6 heteroatoms. The molecule has 0 unspecified atom stereocenters.